The van der Waals surface area contributed by atoms with Crippen molar-refractivity contribution in [2.45, 2.75) is 25.4 Å². The van der Waals surface area contributed by atoms with Gasteiger partial charge in [0.25, 0.3) is 0 Å². The molecule has 4 rings (SSSR count). The Kier molecular flexibility index (Phi) is 6.87. The fraction of sp³-hybridized carbons (Fsp3) is 0.375. The Hall–Kier alpha value is -2.05. The van der Waals surface area contributed by atoms with Crippen molar-refractivity contribution < 1.29 is 9.90 Å². The molecule has 0 saturated carbocycles. The van der Waals surface area contributed by atoms with E-state index in [4.69, 9.17) is 23.2 Å². The van der Waals surface area contributed by atoms with Crippen molar-refractivity contribution in [2.75, 3.05) is 26.7 Å². The molecule has 3 aromatic rings. The molecule has 2 atom stereocenters. The van der Waals surface area contributed by atoms with Crippen LogP contribution in [0.15, 0.2) is 48.7 Å². The van der Waals surface area contributed by atoms with Crippen LogP contribution in [0.4, 0.5) is 0 Å². The van der Waals surface area contributed by atoms with E-state index in [1.165, 1.54) is 10.9 Å². The quantitative estimate of drug-likeness (QED) is 0.551. The number of aliphatic hydroxyl groups is 1. The van der Waals surface area contributed by atoms with Crippen LogP contribution in [0.5, 0.6) is 0 Å². The molecule has 7 heteroatoms. The van der Waals surface area contributed by atoms with Crippen LogP contribution in [-0.4, -0.2) is 58.6 Å². The minimum Gasteiger partial charge on any atom is -0.395 e. The topological polar surface area (TPSA) is 59.6 Å². The van der Waals surface area contributed by atoms with Gasteiger partial charge in [0.15, 0.2) is 0 Å². The predicted octanol–water partition coefficient (Wildman–Crippen LogP) is 4.36. The summed E-state index contributed by atoms with van der Waals surface area (Å²) in [6.45, 7) is 1.79. The Morgan fingerprint density at radius 1 is 1.19 bits per heavy atom. The second-order valence-corrected chi connectivity index (χ2v) is 9.15. The minimum absolute atomic E-state index is 0.0227. The van der Waals surface area contributed by atoms with Crippen LogP contribution in [0.25, 0.3) is 10.9 Å². The lowest BCUT2D eigenvalue weighted by atomic mass is 9.90. The molecule has 2 unspecified atom stereocenters. The average Bonchev–Trinajstić information content (AvgIpc) is 3.15. The largest absolute Gasteiger partial charge is 0.395 e. The van der Waals surface area contributed by atoms with E-state index in [1.807, 2.05) is 42.4 Å². The Labute approximate surface area is 192 Å². The zero-order valence-corrected chi connectivity index (χ0v) is 19.0. The first-order valence-corrected chi connectivity index (χ1v) is 11.3. The molecule has 5 nitrogen and oxygen atoms in total. The number of aromatic nitrogens is 1. The van der Waals surface area contributed by atoms with E-state index in [0.29, 0.717) is 29.7 Å². The van der Waals surface area contributed by atoms with Crippen molar-refractivity contribution in [1.82, 2.24) is 14.8 Å². The van der Waals surface area contributed by atoms with Gasteiger partial charge < -0.3 is 15.0 Å². The van der Waals surface area contributed by atoms with Gasteiger partial charge in [0.05, 0.1) is 12.5 Å². The second kappa shape index (κ2) is 9.61. The van der Waals surface area contributed by atoms with Gasteiger partial charge in [0, 0.05) is 52.8 Å². The van der Waals surface area contributed by atoms with Crippen molar-refractivity contribution >= 4 is 40.0 Å². The third-order valence-electron chi connectivity index (χ3n) is 6.23. The highest BCUT2D eigenvalue weighted by molar-refractivity contribution is 6.34. The molecular weight excluding hydrogens is 433 g/mol. The summed E-state index contributed by atoms with van der Waals surface area (Å²) in [5.41, 5.74) is 3.31. The van der Waals surface area contributed by atoms with Gasteiger partial charge in [-0.1, -0.05) is 41.4 Å². The number of rotatable bonds is 7. The third-order valence-corrected chi connectivity index (χ3v) is 6.67. The summed E-state index contributed by atoms with van der Waals surface area (Å²) in [7, 11) is 1.98. The van der Waals surface area contributed by atoms with Gasteiger partial charge in [0.1, 0.15) is 0 Å². The van der Waals surface area contributed by atoms with Gasteiger partial charge in [-0.25, -0.2) is 0 Å². The van der Waals surface area contributed by atoms with E-state index in [-0.39, 0.29) is 18.6 Å². The fourth-order valence-electron chi connectivity index (χ4n) is 4.65. The lowest BCUT2D eigenvalue weighted by Gasteiger charge is -2.41. The number of benzene rings is 2. The molecule has 1 aromatic heterocycles. The Bertz CT molecular complexity index is 1050. The number of aliphatic hydroxyl groups excluding tert-OH is 1. The summed E-state index contributed by atoms with van der Waals surface area (Å²) >= 11 is 12.3. The molecule has 0 radical (unpaired) electrons. The molecule has 0 bridgehead atoms. The maximum atomic E-state index is 13.1. The molecule has 0 spiro atoms. The fourth-order valence-corrected chi connectivity index (χ4v) is 5.22. The number of likely N-dealkylation sites (tertiary alicyclic amines) is 1. The van der Waals surface area contributed by atoms with Gasteiger partial charge in [-0.3, -0.25) is 9.69 Å². The zero-order valence-electron chi connectivity index (χ0n) is 17.5. The van der Waals surface area contributed by atoms with Gasteiger partial charge in [-0.2, -0.15) is 0 Å². The summed E-state index contributed by atoms with van der Waals surface area (Å²) < 4.78 is 0. The molecule has 0 aliphatic carbocycles. The average molecular weight is 460 g/mol. The van der Waals surface area contributed by atoms with Crippen molar-refractivity contribution in [3.8, 4) is 0 Å². The van der Waals surface area contributed by atoms with Crippen LogP contribution >= 0.6 is 23.2 Å². The predicted molar refractivity (Wildman–Crippen MR) is 125 cm³/mol. The Morgan fingerprint density at radius 2 is 1.94 bits per heavy atom. The second-order valence-electron chi connectivity index (χ2n) is 8.27. The van der Waals surface area contributed by atoms with Crippen LogP contribution in [-0.2, 0) is 17.8 Å². The van der Waals surface area contributed by atoms with Gasteiger partial charge in [-0.05, 0) is 55.3 Å². The highest BCUT2D eigenvalue weighted by Gasteiger charge is 2.38. The molecule has 2 N–H and O–H groups in total. The van der Waals surface area contributed by atoms with Crippen molar-refractivity contribution in [1.29, 1.82) is 0 Å². The molecule has 31 heavy (non-hydrogen) atoms. The number of hydrogen-bond acceptors (Lipinski definition) is 3. The monoisotopic (exact) mass is 459 g/mol. The molecule has 1 saturated heterocycles. The van der Waals surface area contributed by atoms with Crippen molar-refractivity contribution in [3.05, 3.63) is 69.8 Å². The van der Waals surface area contributed by atoms with Crippen LogP contribution in [0.3, 0.4) is 0 Å². The first-order chi connectivity index (χ1) is 15.0. The number of H-pyrrole nitrogens is 1. The number of nitrogens with zero attached hydrogens (tertiary/aromatic N) is 2. The number of carbonyl (C=O) groups is 1. The van der Waals surface area contributed by atoms with Crippen LogP contribution in [0.2, 0.25) is 10.0 Å². The summed E-state index contributed by atoms with van der Waals surface area (Å²) in [6, 6.07) is 13.6. The van der Waals surface area contributed by atoms with E-state index < -0.39 is 5.92 Å². The number of fused-ring (bicyclic) bond motifs is 1. The summed E-state index contributed by atoms with van der Waals surface area (Å²) in [6.07, 6.45) is 3.63. The van der Waals surface area contributed by atoms with Gasteiger partial charge in [0.2, 0.25) is 5.91 Å². The van der Waals surface area contributed by atoms with E-state index in [1.54, 1.807) is 6.07 Å². The standard InChI is InChI=1S/C24H27Cl2N3O2/c1-28(14-16-10-18(25)12-19(26)11-16)23-7-9-29(24(31)21(23)15-30)8-6-17-13-27-22-5-3-2-4-20(17)22/h2-5,10-13,21,23,27,30H,6-9,14-15H2,1H3. The number of amides is 1. The number of piperidine rings is 1. The molecule has 2 aromatic carbocycles. The SMILES string of the molecule is CN(Cc1cc(Cl)cc(Cl)c1)C1CCN(CCc2c[nH]c3ccccc23)C(=O)C1CO. The highest BCUT2D eigenvalue weighted by atomic mass is 35.5. The summed E-state index contributed by atoms with van der Waals surface area (Å²) in [4.78, 5) is 20.5. The van der Waals surface area contributed by atoms with Crippen LogP contribution in [0, 0.1) is 5.92 Å². The van der Waals surface area contributed by atoms with Crippen LogP contribution < -0.4 is 0 Å². The number of para-hydroxylation sites is 1. The van der Waals surface area contributed by atoms with E-state index in [0.717, 1.165) is 23.9 Å². The van der Waals surface area contributed by atoms with E-state index in [9.17, 15) is 9.90 Å². The maximum Gasteiger partial charge on any atom is 0.229 e. The number of hydrogen-bond donors (Lipinski definition) is 2. The van der Waals surface area contributed by atoms with Crippen molar-refractivity contribution in [3.63, 3.8) is 0 Å². The highest BCUT2D eigenvalue weighted by Crippen LogP contribution is 2.27. The number of carbonyl (C=O) groups excluding carboxylic acids is 1. The molecule has 164 valence electrons. The first-order valence-electron chi connectivity index (χ1n) is 10.6. The minimum atomic E-state index is -0.434. The van der Waals surface area contributed by atoms with Crippen molar-refractivity contribution in [2.24, 2.45) is 5.92 Å². The molecule has 1 aliphatic heterocycles. The number of nitrogens with one attached hydrogen (secondary N) is 1. The molecule has 1 aliphatic rings. The number of aromatic amines is 1. The summed E-state index contributed by atoms with van der Waals surface area (Å²) in [5, 5.41) is 12.4. The maximum absolute atomic E-state index is 13.1. The molecule has 2 heterocycles. The first kappa shape index (κ1) is 22.2. The lowest BCUT2D eigenvalue weighted by molar-refractivity contribution is -0.144. The Balaban J connectivity index is 1.40. The van der Waals surface area contributed by atoms with Crippen LogP contribution in [0.1, 0.15) is 17.5 Å². The smallest absolute Gasteiger partial charge is 0.229 e. The molecular formula is C24H27Cl2N3O2. The lowest BCUT2D eigenvalue weighted by Crippen LogP contribution is -2.54. The Morgan fingerprint density at radius 3 is 2.68 bits per heavy atom. The van der Waals surface area contributed by atoms with E-state index >= 15 is 0 Å². The zero-order chi connectivity index (χ0) is 22.0. The van der Waals surface area contributed by atoms with Gasteiger partial charge >= 0.3 is 0 Å². The summed E-state index contributed by atoms with van der Waals surface area (Å²) in [5.74, 6) is -0.411. The van der Waals surface area contributed by atoms with Gasteiger partial charge in [-0.15, -0.1) is 0 Å². The van der Waals surface area contributed by atoms with E-state index in [2.05, 4.69) is 22.0 Å². The number of halogens is 2. The normalized spacial score (nSPS) is 19.5. The molecule has 1 fully saturated rings. The third kappa shape index (κ3) is 4.90. The molecule has 1 amide bonds.